The highest BCUT2D eigenvalue weighted by Crippen LogP contribution is 2.70. The Kier molecular flexibility index (Phi) is 21.0. The van der Waals surface area contributed by atoms with Crippen molar-refractivity contribution < 1.29 is 33.3 Å². The molecule has 0 aromatic heterocycles. The van der Waals surface area contributed by atoms with Crippen LogP contribution in [0.2, 0.25) is 13.1 Å². The van der Waals surface area contributed by atoms with Gasteiger partial charge in [0.2, 0.25) is 0 Å². The van der Waals surface area contributed by atoms with Crippen molar-refractivity contribution in [1.82, 2.24) is 4.90 Å². The molecule has 0 aromatic rings. The van der Waals surface area contributed by atoms with E-state index in [4.69, 9.17) is 18.3 Å². The van der Waals surface area contributed by atoms with E-state index in [0.29, 0.717) is 58.9 Å². The van der Waals surface area contributed by atoms with Gasteiger partial charge in [-0.25, -0.2) is 0 Å². The van der Waals surface area contributed by atoms with Crippen LogP contribution in [-0.4, -0.2) is 87.6 Å². The van der Waals surface area contributed by atoms with Crippen LogP contribution in [0, 0.1) is 104 Å². The number of carbonyl (C=O) groups excluding carboxylic acids is 1. The molecule has 0 aromatic carbocycles. The summed E-state index contributed by atoms with van der Waals surface area (Å²) >= 11 is 0. The highest BCUT2D eigenvalue weighted by molar-refractivity contribution is 6.64. The summed E-state index contributed by atoms with van der Waals surface area (Å²) in [5.41, 5.74) is 2.76. The third-order valence-electron chi connectivity index (χ3n) is 25.1. The molecule has 7 saturated carbocycles. The predicted molar refractivity (Wildman–Crippen MR) is 323 cm³/mol. The fraction of sp³-hybridized carbons (Fsp3) is 0.928. The Morgan fingerprint density at radius 2 is 1.33 bits per heavy atom. The summed E-state index contributed by atoms with van der Waals surface area (Å²) in [6.45, 7) is 36.6. The minimum absolute atomic E-state index is 0.0314. The van der Waals surface area contributed by atoms with Crippen molar-refractivity contribution in [3.05, 3.63) is 23.8 Å². The Labute approximate surface area is 480 Å². The molecule has 8 rings (SSSR count). The smallest absolute Gasteiger partial charge is 0.333 e. The first-order valence-electron chi connectivity index (χ1n) is 33.4. The van der Waals surface area contributed by atoms with Crippen molar-refractivity contribution in [2.45, 2.75) is 262 Å². The maximum atomic E-state index is 12.9. The lowest BCUT2D eigenvalue weighted by molar-refractivity contribution is -0.170. The zero-order chi connectivity index (χ0) is 56.4. The van der Waals surface area contributed by atoms with Gasteiger partial charge in [-0.3, -0.25) is 9.69 Å². The molecule has 0 spiro atoms. The molecule has 8 aliphatic rings. The molecule has 0 aliphatic heterocycles. The average Bonchev–Trinajstić information content (AvgIpc) is 4.14. The molecular weight excluding hydrogens is 983 g/mol. The third-order valence-corrected chi connectivity index (χ3v) is 26.8. The lowest BCUT2D eigenvalue weighted by atomic mass is 9.44. The van der Waals surface area contributed by atoms with E-state index in [1.165, 1.54) is 83.5 Å². The van der Waals surface area contributed by atoms with Crippen molar-refractivity contribution in [2.75, 3.05) is 39.5 Å². The topological polar surface area (TPSA) is 97.7 Å². The summed E-state index contributed by atoms with van der Waals surface area (Å²) in [7, 11) is -2.52. The van der Waals surface area contributed by atoms with Gasteiger partial charge in [-0.1, -0.05) is 99.0 Å². The lowest BCUT2D eigenvalue weighted by Gasteiger charge is -2.61. The van der Waals surface area contributed by atoms with Crippen LogP contribution in [0.3, 0.4) is 0 Å². The third kappa shape index (κ3) is 13.7. The molecule has 0 heterocycles. The first kappa shape index (κ1) is 63.0. The second-order valence-corrected chi connectivity index (χ2v) is 34.7. The van der Waals surface area contributed by atoms with Gasteiger partial charge in [0.15, 0.2) is 0 Å². The van der Waals surface area contributed by atoms with Crippen molar-refractivity contribution in [1.29, 1.82) is 0 Å². The summed E-state index contributed by atoms with van der Waals surface area (Å²) in [4.78, 5) is 15.1. The fourth-order valence-electron chi connectivity index (χ4n) is 20.0. The molecule has 7 fully saturated rings. The van der Waals surface area contributed by atoms with Gasteiger partial charge >= 0.3 is 14.5 Å². The molecule has 0 radical (unpaired) electrons. The first-order chi connectivity index (χ1) is 36.9. The zero-order valence-electron chi connectivity index (χ0n) is 52.9. The number of hydrogen-bond donors (Lipinski definition) is 2. The maximum absolute atomic E-state index is 12.9. The Hall–Kier alpha value is -1.07. The summed E-state index contributed by atoms with van der Waals surface area (Å²) in [5, 5.41) is 18.9. The number of rotatable bonds is 25. The summed E-state index contributed by atoms with van der Waals surface area (Å²) in [6, 6.07) is 0. The van der Waals surface area contributed by atoms with Gasteiger partial charge in [0.25, 0.3) is 0 Å². The van der Waals surface area contributed by atoms with Crippen molar-refractivity contribution in [3.63, 3.8) is 0 Å². The number of unbranched alkanes of at least 4 members (excludes halogenated alkanes) is 3. The molecule has 8 nitrogen and oxygen atoms in total. The van der Waals surface area contributed by atoms with Gasteiger partial charge < -0.3 is 28.5 Å². The molecule has 15 unspecified atom stereocenters. The average molecular weight is 1100 g/mol. The molecule has 0 saturated heterocycles. The predicted octanol–water partition coefficient (Wildman–Crippen LogP) is 16.4. The summed E-state index contributed by atoms with van der Waals surface area (Å²) in [6.07, 6.45) is 36.0. The normalized spacial score (nSPS) is 39.4. The van der Waals surface area contributed by atoms with Gasteiger partial charge in [-0.2, -0.15) is 0 Å². The van der Waals surface area contributed by atoms with Crippen LogP contribution in [0.4, 0.5) is 0 Å². The van der Waals surface area contributed by atoms with Crippen LogP contribution in [0.5, 0.6) is 0 Å². The lowest BCUT2D eigenvalue weighted by Crippen LogP contribution is -2.54. The molecule has 9 heteroatoms. The Balaban J connectivity index is 0.898. The number of nitrogens with zero attached hydrogens (tertiary/aromatic N) is 1. The quantitative estimate of drug-likeness (QED) is 0.0307. The van der Waals surface area contributed by atoms with E-state index in [-0.39, 0.29) is 43.1 Å². The molecule has 78 heavy (non-hydrogen) atoms. The fourth-order valence-corrected chi connectivity index (χ4v) is 21.5. The maximum Gasteiger partial charge on any atom is 0.333 e. The monoisotopic (exact) mass is 1100 g/mol. The molecule has 19 atom stereocenters. The van der Waals surface area contributed by atoms with E-state index < -0.39 is 14.0 Å². The van der Waals surface area contributed by atoms with Crippen LogP contribution in [0.1, 0.15) is 231 Å². The molecule has 2 N–H and O–H groups in total. The van der Waals surface area contributed by atoms with E-state index in [0.717, 1.165) is 125 Å². The summed E-state index contributed by atoms with van der Waals surface area (Å²) < 4.78 is 27.6. The second kappa shape index (κ2) is 26.0. The zero-order valence-corrected chi connectivity index (χ0v) is 53.9. The van der Waals surface area contributed by atoms with E-state index in [2.05, 4.69) is 98.5 Å². The number of allylic oxidation sites excluding steroid dienone is 3. The van der Waals surface area contributed by atoms with Gasteiger partial charge in [0, 0.05) is 19.7 Å². The van der Waals surface area contributed by atoms with Gasteiger partial charge in [-0.05, 0) is 274 Å². The number of aliphatic hydroxyl groups excluding tert-OH is 2. The highest BCUT2D eigenvalue weighted by Gasteiger charge is 2.62. The van der Waals surface area contributed by atoms with Crippen LogP contribution >= 0.6 is 0 Å². The molecule has 0 amide bonds. The molecule has 8 aliphatic carbocycles. The van der Waals surface area contributed by atoms with Gasteiger partial charge in [0.1, 0.15) is 12.4 Å². The number of carbonyl (C=O) groups is 1. The Morgan fingerprint density at radius 1 is 0.705 bits per heavy atom. The molecular formula is C69H121NO7Si. The minimum Gasteiger partial charge on any atom is -0.462 e. The first-order valence-corrected chi connectivity index (χ1v) is 36.2. The SMILES string of the molecule is CC(C)C(C)/C=C/C(C)C1CCC2C3CC=C4CC(OC(CC[C@H](C)C5CCC6C7CCC8C[C@@H](OC(=O)C(C)(C)C)CC[C@@]8(C)C7CC[C@]65C)O[Si](C)(C)OCCCCCCN(CCO)CCO)CCC4(C)C3CCC12C. The van der Waals surface area contributed by atoms with Crippen LogP contribution in [0.25, 0.3) is 0 Å². The van der Waals surface area contributed by atoms with Crippen LogP contribution in [0.15, 0.2) is 23.8 Å². The van der Waals surface area contributed by atoms with Gasteiger partial charge in [0.05, 0.1) is 24.7 Å². The Bertz CT molecular complexity index is 1990. The molecule has 0 bridgehead atoms. The number of hydrogen-bond acceptors (Lipinski definition) is 8. The highest BCUT2D eigenvalue weighted by atomic mass is 28.4. The van der Waals surface area contributed by atoms with Crippen LogP contribution in [-0.2, 0) is 23.1 Å². The number of fused-ring (bicyclic) bond motifs is 10. The van der Waals surface area contributed by atoms with Gasteiger partial charge in [-0.15, -0.1) is 0 Å². The van der Waals surface area contributed by atoms with Crippen molar-refractivity contribution >= 4 is 14.5 Å². The van der Waals surface area contributed by atoms with E-state index >= 15 is 0 Å². The number of ether oxygens (including phenoxy) is 2. The number of esters is 1. The van der Waals surface area contributed by atoms with E-state index in [1.807, 2.05) is 20.8 Å². The number of aliphatic hydroxyl groups is 2. The van der Waals surface area contributed by atoms with Crippen molar-refractivity contribution in [3.8, 4) is 0 Å². The largest absolute Gasteiger partial charge is 0.462 e. The van der Waals surface area contributed by atoms with E-state index in [1.54, 1.807) is 5.57 Å². The summed E-state index contributed by atoms with van der Waals surface area (Å²) in [5.74, 6) is 9.69. The molecule has 448 valence electrons. The minimum atomic E-state index is -2.52. The van der Waals surface area contributed by atoms with E-state index in [9.17, 15) is 15.0 Å². The standard InChI is InChI=1S/C69H121NO7Si/c1-47(2)48(3)19-20-49(4)57-26-28-59-55-24-22-51-45-53(31-35-66(51,9)61(55)33-37-68(57,59)11)75-63(77-78(13,14)74-44-18-16-15-17-39-70(40-42-71)41-43-72)30-21-50(5)58-27-29-60-56-25-23-52-46-54(76-64(73)65(6,7)8)32-36-67(52,10)62(56)34-38-69(58,60)12/h19-20,22,47-50,52-63,71-72H,15-18,21,23-46H2,1-14H3/b20-19+/t48?,49?,50-,52?,53?,54-,55?,56?,57?,58?,59?,60?,61?,62?,63?,66?,67+,68?,69-/m0/s1. The Morgan fingerprint density at radius 3 is 2.03 bits per heavy atom. The van der Waals surface area contributed by atoms with Crippen molar-refractivity contribution in [2.24, 2.45) is 104 Å². The second-order valence-electron chi connectivity index (χ2n) is 31.3. The van der Waals surface area contributed by atoms with Crippen LogP contribution < -0.4 is 0 Å².